The zero-order valence-corrected chi connectivity index (χ0v) is 11.9. The molecule has 1 aliphatic carbocycles. The first-order valence-electron chi connectivity index (χ1n) is 7.28. The summed E-state index contributed by atoms with van der Waals surface area (Å²) in [7, 11) is 0. The van der Waals surface area contributed by atoms with Gasteiger partial charge in [-0.05, 0) is 43.2 Å². The van der Waals surface area contributed by atoms with Gasteiger partial charge in [-0.3, -0.25) is 10.1 Å². The molecule has 0 heterocycles. The Balaban J connectivity index is 2.07. The van der Waals surface area contributed by atoms with Crippen molar-refractivity contribution in [1.29, 1.82) is 0 Å². The van der Waals surface area contributed by atoms with Crippen molar-refractivity contribution >= 4 is 5.69 Å². The SMILES string of the molecule is CCC1CCC(Oc2ccc(CN)cc2[N+](=O)[O-])CC1. The van der Waals surface area contributed by atoms with Crippen LogP contribution < -0.4 is 10.5 Å². The van der Waals surface area contributed by atoms with Crippen LogP contribution >= 0.6 is 0 Å². The minimum absolute atomic E-state index is 0.0190. The summed E-state index contributed by atoms with van der Waals surface area (Å²) in [5.74, 6) is 1.15. The van der Waals surface area contributed by atoms with Crippen LogP contribution in [0.2, 0.25) is 0 Å². The number of rotatable bonds is 5. The third-order valence-corrected chi connectivity index (χ3v) is 4.12. The molecule has 110 valence electrons. The molecule has 0 bridgehead atoms. The molecule has 0 atom stereocenters. The van der Waals surface area contributed by atoms with Gasteiger partial charge in [-0.15, -0.1) is 0 Å². The standard InChI is InChI=1S/C15H22N2O3/c1-2-11-3-6-13(7-4-11)20-15-8-5-12(10-16)9-14(15)17(18)19/h5,8-9,11,13H,2-4,6-7,10,16H2,1H3. The second-order valence-corrected chi connectivity index (χ2v) is 5.43. The van der Waals surface area contributed by atoms with Crippen molar-refractivity contribution in [2.75, 3.05) is 0 Å². The Morgan fingerprint density at radius 1 is 1.35 bits per heavy atom. The summed E-state index contributed by atoms with van der Waals surface area (Å²) in [6.07, 6.45) is 5.56. The van der Waals surface area contributed by atoms with Crippen LogP contribution in [0.1, 0.15) is 44.6 Å². The second kappa shape index (κ2) is 6.70. The van der Waals surface area contributed by atoms with Crippen LogP contribution in [0.4, 0.5) is 5.69 Å². The summed E-state index contributed by atoms with van der Waals surface area (Å²) >= 11 is 0. The van der Waals surface area contributed by atoms with Gasteiger partial charge in [0.05, 0.1) is 11.0 Å². The van der Waals surface area contributed by atoms with Crippen molar-refractivity contribution in [3.63, 3.8) is 0 Å². The molecule has 1 aromatic carbocycles. The third kappa shape index (κ3) is 3.48. The molecule has 0 spiro atoms. The first-order chi connectivity index (χ1) is 9.63. The maximum Gasteiger partial charge on any atom is 0.311 e. The van der Waals surface area contributed by atoms with Crippen molar-refractivity contribution in [1.82, 2.24) is 0 Å². The van der Waals surface area contributed by atoms with Gasteiger partial charge >= 0.3 is 5.69 Å². The van der Waals surface area contributed by atoms with Crippen LogP contribution in [-0.4, -0.2) is 11.0 Å². The fourth-order valence-electron chi connectivity index (χ4n) is 2.77. The average molecular weight is 278 g/mol. The summed E-state index contributed by atoms with van der Waals surface area (Å²) in [5.41, 5.74) is 6.29. The van der Waals surface area contributed by atoms with Gasteiger partial charge in [-0.1, -0.05) is 19.4 Å². The topological polar surface area (TPSA) is 78.4 Å². The van der Waals surface area contributed by atoms with Gasteiger partial charge in [0.2, 0.25) is 0 Å². The molecule has 1 aliphatic rings. The van der Waals surface area contributed by atoms with Crippen LogP contribution in [0.25, 0.3) is 0 Å². The minimum atomic E-state index is -0.397. The lowest BCUT2D eigenvalue weighted by molar-refractivity contribution is -0.386. The third-order valence-electron chi connectivity index (χ3n) is 4.12. The largest absolute Gasteiger partial charge is 0.484 e. The molecule has 1 aromatic rings. The minimum Gasteiger partial charge on any atom is -0.484 e. The summed E-state index contributed by atoms with van der Waals surface area (Å²) in [5, 5.41) is 11.1. The van der Waals surface area contributed by atoms with Crippen molar-refractivity contribution in [3.8, 4) is 5.75 Å². The Hall–Kier alpha value is -1.62. The van der Waals surface area contributed by atoms with E-state index in [0.717, 1.165) is 37.2 Å². The summed E-state index contributed by atoms with van der Waals surface area (Å²) in [6, 6.07) is 4.97. The van der Waals surface area contributed by atoms with Crippen LogP contribution in [0.3, 0.4) is 0 Å². The quantitative estimate of drug-likeness (QED) is 0.661. The molecule has 0 aliphatic heterocycles. The molecule has 0 radical (unpaired) electrons. The van der Waals surface area contributed by atoms with E-state index in [1.807, 2.05) is 0 Å². The first-order valence-corrected chi connectivity index (χ1v) is 7.28. The fraction of sp³-hybridized carbons (Fsp3) is 0.600. The highest BCUT2D eigenvalue weighted by atomic mass is 16.6. The maximum atomic E-state index is 11.1. The smallest absolute Gasteiger partial charge is 0.311 e. The molecule has 0 amide bonds. The number of nitro groups is 1. The highest BCUT2D eigenvalue weighted by molar-refractivity contribution is 5.48. The van der Waals surface area contributed by atoms with E-state index in [1.165, 1.54) is 12.5 Å². The van der Waals surface area contributed by atoms with E-state index in [0.29, 0.717) is 12.3 Å². The molecule has 5 nitrogen and oxygen atoms in total. The van der Waals surface area contributed by atoms with Crippen molar-refractivity contribution < 1.29 is 9.66 Å². The molecule has 5 heteroatoms. The molecule has 20 heavy (non-hydrogen) atoms. The fourth-order valence-corrected chi connectivity index (χ4v) is 2.77. The number of hydrogen-bond donors (Lipinski definition) is 1. The number of nitrogens with zero attached hydrogens (tertiary/aromatic N) is 1. The van der Waals surface area contributed by atoms with E-state index < -0.39 is 4.92 Å². The van der Waals surface area contributed by atoms with Crippen LogP contribution in [-0.2, 0) is 6.54 Å². The van der Waals surface area contributed by atoms with Crippen LogP contribution in [0.15, 0.2) is 18.2 Å². The van der Waals surface area contributed by atoms with Crippen LogP contribution in [0, 0.1) is 16.0 Å². The van der Waals surface area contributed by atoms with E-state index in [-0.39, 0.29) is 11.8 Å². The molecule has 0 aromatic heterocycles. The van der Waals surface area contributed by atoms with Gasteiger partial charge in [0.1, 0.15) is 0 Å². The summed E-state index contributed by atoms with van der Waals surface area (Å²) in [6.45, 7) is 2.50. The maximum absolute atomic E-state index is 11.1. The van der Waals surface area contributed by atoms with Gasteiger partial charge in [0, 0.05) is 12.6 Å². The number of hydrogen-bond acceptors (Lipinski definition) is 4. The number of benzene rings is 1. The molecular formula is C15H22N2O3. The van der Waals surface area contributed by atoms with Crippen LogP contribution in [0.5, 0.6) is 5.75 Å². The van der Waals surface area contributed by atoms with E-state index in [9.17, 15) is 10.1 Å². The second-order valence-electron chi connectivity index (χ2n) is 5.43. The normalized spacial score (nSPS) is 22.5. The predicted octanol–water partition coefficient (Wildman–Crippen LogP) is 3.40. The molecule has 0 unspecified atom stereocenters. The van der Waals surface area contributed by atoms with Gasteiger partial charge in [0.15, 0.2) is 5.75 Å². The van der Waals surface area contributed by atoms with Gasteiger partial charge < -0.3 is 10.5 Å². The lowest BCUT2D eigenvalue weighted by Gasteiger charge is -2.28. The average Bonchev–Trinajstić information content (AvgIpc) is 2.48. The van der Waals surface area contributed by atoms with Crippen molar-refractivity contribution in [3.05, 3.63) is 33.9 Å². The Bertz CT molecular complexity index is 468. The van der Waals surface area contributed by atoms with Gasteiger partial charge in [0.25, 0.3) is 0 Å². The monoisotopic (exact) mass is 278 g/mol. The Labute approximate surface area is 119 Å². The number of ether oxygens (including phenoxy) is 1. The van der Waals surface area contributed by atoms with Gasteiger partial charge in [-0.2, -0.15) is 0 Å². The van der Waals surface area contributed by atoms with Crippen molar-refractivity contribution in [2.24, 2.45) is 11.7 Å². The number of nitro benzene ring substituents is 1. The van der Waals surface area contributed by atoms with E-state index in [2.05, 4.69) is 6.92 Å². The molecule has 1 fully saturated rings. The summed E-state index contributed by atoms with van der Waals surface area (Å²) in [4.78, 5) is 10.7. The van der Waals surface area contributed by atoms with E-state index in [4.69, 9.17) is 10.5 Å². The zero-order chi connectivity index (χ0) is 14.5. The first kappa shape index (κ1) is 14.8. The highest BCUT2D eigenvalue weighted by Gasteiger charge is 2.24. The highest BCUT2D eigenvalue weighted by Crippen LogP contribution is 2.33. The predicted molar refractivity (Wildman–Crippen MR) is 77.7 cm³/mol. The van der Waals surface area contributed by atoms with Gasteiger partial charge in [-0.25, -0.2) is 0 Å². The number of nitrogens with two attached hydrogens (primary N) is 1. The molecule has 2 rings (SSSR count). The zero-order valence-electron chi connectivity index (χ0n) is 11.9. The molecule has 0 saturated heterocycles. The molecule has 1 saturated carbocycles. The van der Waals surface area contributed by atoms with E-state index in [1.54, 1.807) is 12.1 Å². The molecule has 2 N–H and O–H groups in total. The summed E-state index contributed by atoms with van der Waals surface area (Å²) < 4.78 is 5.86. The Morgan fingerprint density at radius 2 is 2.05 bits per heavy atom. The lowest BCUT2D eigenvalue weighted by atomic mass is 9.86. The lowest BCUT2D eigenvalue weighted by Crippen LogP contribution is -2.24. The van der Waals surface area contributed by atoms with Crippen molar-refractivity contribution in [2.45, 2.75) is 51.7 Å². The Kier molecular flexibility index (Phi) is 4.95. The van der Waals surface area contributed by atoms with E-state index >= 15 is 0 Å². The molecular weight excluding hydrogens is 256 g/mol. The Morgan fingerprint density at radius 3 is 2.60 bits per heavy atom.